The zero-order chi connectivity index (χ0) is 16.2. The second-order valence-corrected chi connectivity index (χ2v) is 4.46. The van der Waals surface area contributed by atoms with Crippen LogP contribution in [-0.2, 0) is 6.54 Å². The van der Waals surface area contributed by atoms with Crippen molar-refractivity contribution in [2.45, 2.75) is 19.6 Å². The van der Waals surface area contributed by atoms with E-state index >= 15 is 0 Å². The molecule has 0 saturated heterocycles. The van der Waals surface area contributed by atoms with E-state index in [4.69, 9.17) is 4.74 Å². The van der Waals surface area contributed by atoms with Gasteiger partial charge in [-0.1, -0.05) is 6.07 Å². The second-order valence-electron chi connectivity index (χ2n) is 4.46. The van der Waals surface area contributed by atoms with Crippen molar-refractivity contribution in [3.63, 3.8) is 0 Å². The van der Waals surface area contributed by atoms with Gasteiger partial charge in [0.1, 0.15) is 12.3 Å². The van der Waals surface area contributed by atoms with Gasteiger partial charge < -0.3 is 10.1 Å². The number of hydrogen-bond acceptors (Lipinski definition) is 3. The van der Waals surface area contributed by atoms with Gasteiger partial charge in [0.05, 0.1) is 18.5 Å². The molecule has 0 atom stereocenters. The Labute approximate surface area is 124 Å². The van der Waals surface area contributed by atoms with Gasteiger partial charge in [0.2, 0.25) is 0 Å². The number of anilines is 1. The van der Waals surface area contributed by atoms with Gasteiger partial charge in [0, 0.05) is 11.8 Å². The van der Waals surface area contributed by atoms with E-state index in [1.807, 2.05) is 6.92 Å². The Hall–Kier alpha value is -2.51. The average molecular weight is 313 g/mol. The molecule has 2 aromatic rings. The van der Waals surface area contributed by atoms with Crippen molar-refractivity contribution in [1.82, 2.24) is 9.78 Å². The number of nitrogens with zero attached hydrogens (tertiary/aromatic N) is 2. The van der Waals surface area contributed by atoms with Crippen LogP contribution >= 0.6 is 0 Å². The molecular formula is C14H14F3N3O2. The number of nitrogens with one attached hydrogen (secondary N) is 1. The molecule has 0 aliphatic carbocycles. The third-order valence-electron chi connectivity index (χ3n) is 2.64. The van der Waals surface area contributed by atoms with E-state index in [2.05, 4.69) is 10.4 Å². The largest absolute Gasteiger partial charge is 0.494 e. The van der Waals surface area contributed by atoms with E-state index in [0.29, 0.717) is 22.6 Å². The molecular weight excluding hydrogens is 299 g/mol. The highest BCUT2D eigenvalue weighted by Gasteiger charge is 2.28. The normalized spacial score (nSPS) is 11.3. The highest BCUT2D eigenvalue weighted by molar-refractivity contribution is 6.04. The summed E-state index contributed by atoms with van der Waals surface area (Å²) in [6.45, 7) is 1.08. The third-order valence-corrected chi connectivity index (χ3v) is 2.64. The van der Waals surface area contributed by atoms with E-state index in [1.54, 1.807) is 24.3 Å². The molecule has 1 amide bonds. The third kappa shape index (κ3) is 4.51. The van der Waals surface area contributed by atoms with Gasteiger partial charge in [0.25, 0.3) is 5.91 Å². The summed E-state index contributed by atoms with van der Waals surface area (Å²) in [6.07, 6.45) is -2.08. The summed E-state index contributed by atoms with van der Waals surface area (Å²) in [6, 6.07) is 6.51. The predicted molar refractivity (Wildman–Crippen MR) is 73.8 cm³/mol. The molecule has 1 aromatic carbocycles. The van der Waals surface area contributed by atoms with Crippen LogP contribution in [-0.4, -0.2) is 28.5 Å². The minimum Gasteiger partial charge on any atom is -0.494 e. The smallest absolute Gasteiger partial charge is 0.408 e. The molecule has 0 spiro atoms. The van der Waals surface area contributed by atoms with Crippen LogP contribution in [0.3, 0.4) is 0 Å². The molecule has 0 fully saturated rings. The lowest BCUT2D eigenvalue weighted by molar-refractivity contribution is -0.142. The van der Waals surface area contributed by atoms with E-state index in [-0.39, 0.29) is 5.69 Å². The SMILES string of the molecule is CCOc1cccc(C(=O)Nc2cnn(CC(F)(F)F)c2)c1. The van der Waals surface area contributed by atoms with Crippen molar-refractivity contribution in [2.24, 2.45) is 0 Å². The fourth-order valence-corrected chi connectivity index (χ4v) is 1.80. The Kier molecular flexibility index (Phi) is 4.69. The van der Waals surface area contributed by atoms with Gasteiger partial charge in [-0.3, -0.25) is 9.48 Å². The summed E-state index contributed by atoms with van der Waals surface area (Å²) in [4.78, 5) is 12.0. The van der Waals surface area contributed by atoms with Gasteiger partial charge >= 0.3 is 6.18 Å². The summed E-state index contributed by atoms with van der Waals surface area (Å²) in [5.74, 6) is 0.0935. The van der Waals surface area contributed by atoms with E-state index in [0.717, 1.165) is 12.4 Å². The van der Waals surface area contributed by atoms with Crippen LogP contribution in [0.25, 0.3) is 0 Å². The number of benzene rings is 1. The van der Waals surface area contributed by atoms with Crippen LogP contribution < -0.4 is 10.1 Å². The molecule has 118 valence electrons. The fourth-order valence-electron chi connectivity index (χ4n) is 1.80. The molecule has 8 heteroatoms. The van der Waals surface area contributed by atoms with Crippen LogP contribution in [0.4, 0.5) is 18.9 Å². The highest BCUT2D eigenvalue weighted by Crippen LogP contribution is 2.19. The molecule has 1 aromatic heterocycles. The zero-order valence-electron chi connectivity index (χ0n) is 11.7. The van der Waals surface area contributed by atoms with Gasteiger partial charge in [-0.25, -0.2) is 0 Å². The maximum Gasteiger partial charge on any atom is 0.408 e. The number of carbonyl (C=O) groups is 1. The zero-order valence-corrected chi connectivity index (χ0v) is 11.7. The van der Waals surface area contributed by atoms with Crippen LogP contribution in [0.1, 0.15) is 17.3 Å². The fraction of sp³-hybridized carbons (Fsp3) is 0.286. The minimum absolute atomic E-state index is 0.191. The lowest BCUT2D eigenvalue weighted by atomic mass is 10.2. The van der Waals surface area contributed by atoms with E-state index in [9.17, 15) is 18.0 Å². The first-order valence-corrected chi connectivity index (χ1v) is 6.51. The van der Waals surface area contributed by atoms with Crippen molar-refractivity contribution in [3.8, 4) is 5.75 Å². The summed E-state index contributed by atoms with van der Waals surface area (Å²) < 4.78 is 42.7. The number of amides is 1. The molecule has 0 aliphatic heterocycles. The van der Waals surface area contributed by atoms with Crippen molar-refractivity contribution < 1.29 is 22.7 Å². The topological polar surface area (TPSA) is 56.1 Å². The Morgan fingerprint density at radius 1 is 1.41 bits per heavy atom. The van der Waals surface area contributed by atoms with Crippen molar-refractivity contribution in [3.05, 3.63) is 42.2 Å². The molecule has 1 heterocycles. The predicted octanol–water partition coefficient (Wildman–Crippen LogP) is 3.10. The molecule has 0 radical (unpaired) electrons. The van der Waals surface area contributed by atoms with Crippen molar-refractivity contribution >= 4 is 11.6 Å². The first kappa shape index (κ1) is 15.9. The monoisotopic (exact) mass is 313 g/mol. The van der Waals surface area contributed by atoms with Crippen LogP contribution in [0.5, 0.6) is 5.75 Å². The number of hydrogen-bond donors (Lipinski definition) is 1. The Morgan fingerprint density at radius 2 is 2.18 bits per heavy atom. The van der Waals surface area contributed by atoms with Crippen LogP contribution in [0, 0.1) is 0 Å². The number of halogens is 3. The first-order valence-electron chi connectivity index (χ1n) is 6.51. The first-order chi connectivity index (χ1) is 10.4. The number of alkyl halides is 3. The van der Waals surface area contributed by atoms with Gasteiger partial charge in [-0.05, 0) is 25.1 Å². The molecule has 2 rings (SSSR count). The molecule has 0 unspecified atom stereocenters. The minimum atomic E-state index is -4.36. The summed E-state index contributed by atoms with van der Waals surface area (Å²) in [5.41, 5.74) is 0.533. The lowest BCUT2D eigenvalue weighted by Crippen LogP contribution is -2.18. The second kappa shape index (κ2) is 6.50. The maximum absolute atomic E-state index is 12.2. The molecule has 0 aliphatic rings. The highest BCUT2D eigenvalue weighted by atomic mass is 19.4. The van der Waals surface area contributed by atoms with Gasteiger partial charge in [-0.15, -0.1) is 0 Å². The lowest BCUT2D eigenvalue weighted by Gasteiger charge is -2.06. The van der Waals surface area contributed by atoms with Crippen LogP contribution in [0.15, 0.2) is 36.7 Å². The number of carbonyl (C=O) groups excluding carboxylic acids is 1. The van der Waals surface area contributed by atoms with Crippen LogP contribution in [0.2, 0.25) is 0 Å². The molecule has 0 bridgehead atoms. The standard InChI is InChI=1S/C14H14F3N3O2/c1-2-22-12-5-3-4-10(6-12)13(21)19-11-7-18-20(8-11)9-14(15,16)17/h3-8H,2,9H2,1H3,(H,19,21). The number of aromatic nitrogens is 2. The number of ether oxygens (including phenoxy) is 1. The van der Waals surface area contributed by atoms with E-state index in [1.165, 1.54) is 0 Å². The van der Waals surface area contributed by atoms with E-state index < -0.39 is 18.6 Å². The molecule has 1 N–H and O–H groups in total. The Morgan fingerprint density at radius 3 is 2.86 bits per heavy atom. The molecule has 22 heavy (non-hydrogen) atoms. The Bertz CT molecular complexity index is 653. The molecule has 0 saturated carbocycles. The number of rotatable bonds is 5. The van der Waals surface area contributed by atoms with Gasteiger partial charge in [0.15, 0.2) is 0 Å². The average Bonchev–Trinajstić information content (AvgIpc) is 2.84. The summed E-state index contributed by atoms with van der Waals surface area (Å²) >= 11 is 0. The Balaban J connectivity index is 2.04. The van der Waals surface area contributed by atoms with Gasteiger partial charge in [-0.2, -0.15) is 18.3 Å². The summed E-state index contributed by atoms with van der Waals surface area (Å²) in [7, 11) is 0. The summed E-state index contributed by atoms with van der Waals surface area (Å²) in [5, 5.41) is 6.04. The molecule has 5 nitrogen and oxygen atoms in total. The van der Waals surface area contributed by atoms with Crippen molar-refractivity contribution in [2.75, 3.05) is 11.9 Å². The van der Waals surface area contributed by atoms with Crippen molar-refractivity contribution in [1.29, 1.82) is 0 Å². The quantitative estimate of drug-likeness (QED) is 0.923. The maximum atomic E-state index is 12.2.